The minimum absolute atomic E-state index is 0.116. The van der Waals surface area contributed by atoms with Crippen molar-refractivity contribution in [3.63, 3.8) is 0 Å². The Hall–Kier alpha value is -1.76. The zero-order chi connectivity index (χ0) is 23.8. The summed E-state index contributed by atoms with van der Waals surface area (Å²) < 4.78 is 1.83. The normalized spacial score (nSPS) is 19.2. The summed E-state index contributed by atoms with van der Waals surface area (Å²) in [6, 6.07) is 8.34. The van der Waals surface area contributed by atoms with E-state index in [0.29, 0.717) is 11.1 Å². The highest BCUT2D eigenvalue weighted by Gasteiger charge is 2.44. The molecule has 1 fully saturated rings. The van der Waals surface area contributed by atoms with Gasteiger partial charge in [0, 0.05) is 47.9 Å². The van der Waals surface area contributed by atoms with Gasteiger partial charge in [-0.3, -0.25) is 9.89 Å². The van der Waals surface area contributed by atoms with Crippen molar-refractivity contribution < 1.29 is 0 Å². The van der Waals surface area contributed by atoms with Crippen molar-refractivity contribution in [2.75, 3.05) is 21.1 Å². The summed E-state index contributed by atoms with van der Waals surface area (Å²) >= 11 is 8.23. The van der Waals surface area contributed by atoms with Gasteiger partial charge >= 0.3 is 0 Å². The van der Waals surface area contributed by atoms with Crippen molar-refractivity contribution in [1.82, 2.24) is 19.6 Å². The van der Waals surface area contributed by atoms with Crippen LogP contribution in [0, 0.1) is 6.92 Å². The molecule has 0 N–H and O–H groups in total. The molecule has 32 heavy (non-hydrogen) atoms. The van der Waals surface area contributed by atoms with Crippen LogP contribution in [0.2, 0.25) is 5.02 Å². The molecular formula is C25H36ClN5S. The molecule has 5 nitrogen and oxygen atoms in total. The van der Waals surface area contributed by atoms with E-state index in [1.165, 1.54) is 0 Å². The minimum atomic E-state index is 0.116. The molecule has 2 aromatic rings. The van der Waals surface area contributed by atoms with E-state index in [4.69, 9.17) is 11.6 Å². The number of halogens is 1. The summed E-state index contributed by atoms with van der Waals surface area (Å²) in [6.07, 6.45) is 4.09. The lowest BCUT2D eigenvalue weighted by atomic mass is 9.77. The molecule has 3 rings (SSSR count). The van der Waals surface area contributed by atoms with Crippen LogP contribution in [0.25, 0.3) is 10.6 Å². The van der Waals surface area contributed by atoms with Crippen LogP contribution < -0.4 is 0 Å². The number of piperidine rings is 1. The van der Waals surface area contributed by atoms with Gasteiger partial charge in [0.25, 0.3) is 0 Å². The minimum Gasteiger partial charge on any atom is -0.351 e. The van der Waals surface area contributed by atoms with E-state index >= 15 is 0 Å². The molecule has 0 amide bonds. The van der Waals surface area contributed by atoms with Crippen LogP contribution in [0.1, 0.15) is 51.8 Å². The van der Waals surface area contributed by atoms with E-state index in [9.17, 15) is 0 Å². The standard InChI is InChI=1S/C25H36ClN5S/c1-17-12-13-31(28-17)19-10-11-21(22(26)14-19)18(2)32-23(27-7)29(8)20-15-24(3,4)30(9)25(5,6)16-20/h10-14,20H,2,15-16H2,1,3-9H3/b27-23-. The summed E-state index contributed by atoms with van der Waals surface area (Å²) in [6.45, 7) is 15.6. The molecule has 1 aliphatic rings. The number of hydrogen-bond acceptors (Lipinski definition) is 4. The maximum atomic E-state index is 6.65. The first-order chi connectivity index (χ1) is 14.9. The lowest BCUT2D eigenvalue weighted by Crippen LogP contribution is -2.62. The quantitative estimate of drug-likeness (QED) is 0.396. The third-order valence-corrected chi connectivity index (χ3v) is 8.21. The zero-order valence-electron chi connectivity index (χ0n) is 20.6. The van der Waals surface area contributed by atoms with Crippen molar-refractivity contribution in [3.05, 3.63) is 53.3 Å². The Kier molecular flexibility index (Phi) is 7.18. The molecule has 0 unspecified atom stereocenters. The van der Waals surface area contributed by atoms with Crippen LogP contribution in [-0.2, 0) is 0 Å². The largest absolute Gasteiger partial charge is 0.351 e. The van der Waals surface area contributed by atoms with Crippen LogP contribution >= 0.6 is 23.4 Å². The van der Waals surface area contributed by atoms with Crippen LogP contribution in [0.3, 0.4) is 0 Å². The number of hydrogen-bond donors (Lipinski definition) is 0. The highest BCUT2D eigenvalue weighted by molar-refractivity contribution is 8.21. The molecule has 7 heteroatoms. The van der Waals surface area contributed by atoms with Crippen molar-refractivity contribution in [1.29, 1.82) is 0 Å². The second-order valence-corrected chi connectivity index (χ2v) is 11.4. The summed E-state index contributed by atoms with van der Waals surface area (Å²) in [5.41, 5.74) is 3.05. The molecule has 1 saturated heterocycles. The van der Waals surface area contributed by atoms with Crippen molar-refractivity contribution in [3.8, 4) is 5.69 Å². The van der Waals surface area contributed by atoms with Gasteiger partial charge < -0.3 is 4.90 Å². The van der Waals surface area contributed by atoms with Gasteiger partial charge in [-0.2, -0.15) is 5.10 Å². The number of thioether (sulfide) groups is 1. The van der Waals surface area contributed by atoms with Gasteiger partial charge in [0.15, 0.2) is 5.17 Å². The number of amidine groups is 1. The Balaban J connectivity index is 1.76. The average molecular weight is 474 g/mol. The molecule has 1 aliphatic heterocycles. The first-order valence-corrected chi connectivity index (χ1v) is 12.2. The van der Waals surface area contributed by atoms with Crippen LogP contribution in [0.15, 0.2) is 42.0 Å². The summed E-state index contributed by atoms with van der Waals surface area (Å²) in [7, 11) is 6.23. The lowest BCUT2D eigenvalue weighted by molar-refractivity contribution is -0.0309. The fraction of sp³-hybridized carbons (Fsp3) is 0.520. The Bertz CT molecular complexity index is 1010. The van der Waals surface area contributed by atoms with Gasteiger partial charge in [-0.25, -0.2) is 4.68 Å². The second-order valence-electron chi connectivity index (χ2n) is 9.95. The van der Waals surface area contributed by atoms with Gasteiger partial charge in [-0.1, -0.05) is 36.0 Å². The lowest BCUT2D eigenvalue weighted by Gasteiger charge is -2.55. The van der Waals surface area contributed by atoms with Gasteiger partial charge in [0.05, 0.1) is 16.4 Å². The van der Waals surface area contributed by atoms with Crippen LogP contribution in [-0.4, -0.2) is 63.0 Å². The molecule has 0 aliphatic carbocycles. The smallest absolute Gasteiger partial charge is 0.163 e. The van der Waals surface area contributed by atoms with E-state index in [1.54, 1.807) is 11.8 Å². The molecule has 0 spiro atoms. The number of benzene rings is 1. The van der Waals surface area contributed by atoms with Crippen molar-refractivity contribution >= 4 is 33.4 Å². The predicted octanol–water partition coefficient (Wildman–Crippen LogP) is 6.11. The summed E-state index contributed by atoms with van der Waals surface area (Å²) in [5, 5.41) is 6.08. The molecule has 0 bridgehead atoms. The molecule has 0 atom stereocenters. The molecule has 2 heterocycles. The highest BCUT2D eigenvalue weighted by Crippen LogP contribution is 2.40. The van der Waals surface area contributed by atoms with Crippen LogP contribution in [0.4, 0.5) is 0 Å². The van der Waals surface area contributed by atoms with Crippen LogP contribution in [0.5, 0.6) is 0 Å². The zero-order valence-corrected chi connectivity index (χ0v) is 22.2. The Morgan fingerprint density at radius 2 is 1.84 bits per heavy atom. The number of aryl methyl sites for hydroxylation is 1. The number of aliphatic imine (C=N–C) groups is 1. The molecule has 174 valence electrons. The fourth-order valence-corrected chi connectivity index (χ4v) is 5.86. The van der Waals surface area contributed by atoms with E-state index in [-0.39, 0.29) is 11.1 Å². The summed E-state index contributed by atoms with van der Waals surface area (Å²) in [4.78, 5) is 10.3. The topological polar surface area (TPSA) is 36.7 Å². The molecule has 1 aromatic carbocycles. The van der Waals surface area contributed by atoms with Gasteiger partial charge in [0.1, 0.15) is 0 Å². The number of aromatic nitrogens is 2. The number of rotatable bonds is 4. The maximum Gasteiger partial charge on any atom is 0.163 e. The summed E-state index contributed by atoms with van der Waals surface area (Å²) in [5.74, 6) is 0. The Morgan fingerprint density at radius 3 is 2.34 bits per heavy atom. The first-order valence-electron chi connectivity index (χ1n) is 11.0. The molecule has 0 saturated carbocycles. The molecule has 0 radical (unpaired) electrons. The van der Waals surface area contributed by atoms with Crippen molar-refractivity contribution in [2.45, 2.75) is 64.6 Å². The number of likely N-dealkylation sites (tertiary alicyclic amines) is 1. The molecule has 1 aromatic heterocycles. The van der Waals surface area contributed by atoms with Gasteiger partial charge in [-0.05, 0) is 72.7 Å². The van der Waals surface area contributed by atoms with E-state index < -0.39 is 0 Å². The predicted molar refractivity (Wildman–Crippen MR) is 140 cm³/mol. The van der Waals surface area contributed by atoms with E-state index in [0.717, 1.165) is 39.9 Å². The third-order valence-electron chi connectivity index (χ3n) is 6.78. The fourth-order valence-electron chi connectivity index (χ4n) is 4.62. The first kappa shape index (κ1) is 24.9. The van der Waals surface area contributed by atoms with E-state index in [2.05, 4.69) is 68.3 Å². The molecular weight excluding hydrogens is 438 g/mol. The van der Waals surface area contributed by atoms with Crippen molar-refractivity contribution in [2.24, 2.45) is 4.99 Å². The highest BCUT2D eigenvalue weighted by atomic mass is 35.5. The van der Waals surface area contributed by atoms with Gasteiger partial charge in [0.2, 0.25) is 0 Å². The van der Waals surface area contributed by atoms with Gasteiger partial charge in [-0.15, -0.1) is 0 Å². The Morgan fingerprint density at radius 1 is 1.22 bits per heavy atom. The average Bonchev–Trinajstić information content (AvgIpc) is 3.15. The second kappa shape index (κ2) is 9.24. The third kappa shape index (κ3) is 5.08. The number of nitrogens with zero attached hydrogens (tertiary/aromatic N) is 5. The maximum absolute atomic E-state index is 6.65. The SMILES string of the molecule is C=C(S/C(=N\C)N(C)C1CC(C)(C)N(C)C(C)(C)C1)c1ccc(-n2ccc(C)n2)cc1Cl. The van der Waals surface area contributed by atoms with E-state index in [1.807, 2.05) is 49.1 Å². The monoisotopic (exact) mass is 473 g/mol. The Labute approximate surface area is 202 Å².